The van der Waals surface area contributed by atoms with Gasteiger partial charge in [-0.3, -0.25) is 9.59 Å². The first-order valence-corrected chi connectivity index (χ1v) is 9.42. The highest BCUT2D eigenvalue weighted by Crippen LogP contribution is 2.27. The van der Waals surface area contributed by atoms with Crippen molar-refractivity contribution in [2.75, 3.05) is 0 Å². The quantitative estimate of drug-likeness (QED) is 0.680. The largest absolute Gasteiger partial charge is 0.462 e. The topological polar surface area (TPSA) is 52.6 Å². The van der Waals surface area contributed by atoms with Gasteiger partial charge in [0.1, 0.15) is 12.2 Å². The maximum absolute atomic E-state index is 11.8. The first kappa shape index (κ1) is 18.3. The molecule has 0 radical (unpaired) electrons. The van der Waals surface area contributed by atoms with Gasteiger partial charge in [-0.05, 0) is 69.6 Å². The summed E-state index contributed by atoms with van der Waals surface area (Å²) in [6.07, 6.45) is 9.86. The van der Waals surface area contributed by atoms with E-state index in [1.54, 1.807) is 0 Å². The Kier molecular flexibility index (Phi) is 7.38. The monoisotopic (exact) mass is 324 g/mol. The van der Waals surface area contributed by atoms with Crippen LogP contribution in [0.15, 0.2) is 0 Å². The molecular formula is C19H32O4. The van der Waals surface area contributed by atoms with Crippen LogP contribution in [-0.2, 0) is 19.1 Å². The van der Waals surface area contributed by atoms with Crippen LogP contribution in [0.5, 0.6) is 0 Å². The van der Waals surface area contributed by atoms with Crippen LogP contribution in [0.4, 0.5) is 0 Å². The summed E-state index contributed by atoms with van der Waals surface area (Å²) in [6, 6.07) is 0. The van der Waals surface area contributed by atoms with Crippen molar-refractivity contribution < 1.29 is 19.1 Å². The summed E-state index contributed by atoms with van der Waals surface area (Å²) in [6.45, 7) is 4.49. The van der Waals surface area contributed by atoms with Crippen LogP contribution in [0.2, 0.25) is 0 Å². The molecule has 132 valence electrons. The lowest BCUT2D eigenvalue weighted by Crippen LogP contribution is -2.24. The van der Waals surface area contributed by atoms with Gasteiger partial charge in [0, 0.05) is 12.8 Å². The Morgan fingerprint density at radius 3 is 1.39 bits per heavy atom. The number of hydrogen-bond acceptors (Lipinski definition) is 4. The number of ether oxygens (including phenoxy) is 2. The van der Waals surface area contributed by atoms with Gasteiger partial charge in [-0.15, -0.1) is 0 Å². The fourth-order valence-corrected chi connectivity index (χ4v) is 3.56. The van der Waals surface area contributed by atoms with Crippen molar-refractivity contribution in [1.29, 1.82) is 0 Å². The van der Waals surface area contributed by atoms with Gasteiger partial charge in [-0.1, -0.05) is 13.8 Å². The first-order chi connectivity index (χ1) is 11.0. The van der Waals surface area contributed by atoms with Crippen LogP contribution in [0.3, 0.4) is 0 Å². The van der Waals surface area contributed by atoms with Crippen molar-refractivity contribution in [2.24, 2.45) is 11.8 Å². The Morgan fingerprint density at radius 1 is 0.696 bits per heavy atom. The fourth-order valence-electron chi connectivity index (χ4n) is 3.56. The highest BCUT2D eigenvalue weighted by Gasteiger charge is 2.23. The summed E-state index contributed by atoms with van der Waals surface area (Å²) in [5.41, 5.74) is 0. The molecule has 0 saturated heterocycles. The van der Waals surface area contributed by atoms with Crippen LogP contribution in [0.1, 0.15) is 84.5 Å². The molecule has 0 aliphatic heterocycles. The molecule has 23 heavy (non-hydrogen) atoms. The van der Waals surface area contributed by atoms with E-state index >= 15 is 0 Å². The summed E-state index contributed by atoms with van der Waals surface area (Å²) in [7, 11) is 0. The minimum atomic E-state index is -0.163. The highest BCUT2D eigenvalue weighted by atomic mass is 16.5. The third-order valence-electron chi connectivity index (χ3n) is 5.28. The van der Waals surface area contributed by atoms with Crippen molar-refractivity contribution in [2.45, 2.75) is 96.7 Å². The van der Waals surface area contributed by atoms with E-state index in [9.17, 15) is 9.59 Å². The molecule has 0 amide bonds. The van der Waals surface area contributed by atoms with Crippen molar-refractivity contribution in [3.8, 4) is 0 Å². The van der Waals surface area contributed by atoms with Gasteiger partial charge in [0.25, 0.3) is 0 Å². The lowest BCUT2D eigenvalue weighted by molar-refractivity contribution is -0.152. The molecule has 4 heteroatoms. The van der Waals surface area contributed by atoms with Crippen LogP contribution < -0.4 is 0 Å². The van der Waals surface area contributed by atoms with Crippen molar-refractivity contribution in [3.63, 3.8) is 0 Å². The number of esters is 2. The summed E-state index contributed by atoms with van der Waals surface area (Å²) in [4.78, 5) is 23.7. The van der Waals surface area contributed by atoms with Gasteiger partial charge in [0.15, 0.2) is 0 Å². The number of carbonyl (C=O) groups excluding carboxylic acids is 2. The molecule has 0 bridgehead atoms. The minimum absolute atomic E-state index is 0.0925. The number of hydrogen-bond donors (Lipinski definition) is 0. The van der Waals surface area contributed by atoms with E-state index < -0.39 is 0 Å². The van der Waals surface area contributed by atoms with Gasteiger partial charge in [-0.2, -0.15) is 0 Å². The summed E-state index contributed by atoms with van der Waals surface area (Å²) in [5, 5.41) is 0. The van der Waals surface area contributed by atoms with Crippen LogP contribution in [0.25, 0.3) is 0 Å². The molecule has 2 aliphatic rings. The molecule has 2 saturated carbocycles. The number of rotatable bonds is 6. The zero-order valence-corrected chi connectivity index (χ0v) is 14.7. The molecule has 2 aliphatic carbocycles. The van der Waals surface area contributed by atoms with E-state index in [2.05, 4.69) is 13.8 Å². The zero-order valence-electron chi connectivity index (χ0n) is 14.7. The van der Waals surface area contributed by atoms with E-state index in [4.69, 9.17) is 9.47 Å². The maximum atomic E-state index is 11.8. The van der Waals surface area contributed by atoms with Gasteiger partial charge < -0.3 is 9.47 Å². The fraction of sp³-hybridized carbons (Fsp3) is 0.895. The molecule has 0 heterocycles. The molecule has 0 atom stereocenters. The van der Waals surface area contributed by atoms with Crippen LogP contribution in [-0.4, -0.2) is 24.1 Å². The van der Waals surface area contributed by atoms with Crippen LogP contribution >= 0.6 is 0 Å². The van der Waals surface area contributed by atoms with E-state index in [-0.39, 0.29) is 24.1 Å². The molecule has 0 aromatic carbocycles. The smallest absolute Gasteiger partial charge is 0.306 e. The van der Waals surface area contributed by atoms with Crippen molar-refractivity contribution in [3.05, 3.63) is 0 Å². The predicted octanol–water partition coefficient (Wildman–Crippen LogP) is 4.40. The number of carbonyl (C=O) groups is 2. The van der Waals surface area contributed by atoms with E-state index in [0.717, 1.165) is 63.2 Å². The Balaban J connectivity index is 1.53. The van der Waals surface area contributed by atoms with Crippen LogP contribution in [0, 0.1) is 11.8 Å². The third-order valence-corrected chi connectivity index (χ3v) is 5.28. The highest BCUT2D eigenvalue weighted by molar-refractivity contribution is 5.72. The normalized spacial score (nSPS) is 31.4. The van der Waals surface area contributed by atoms with Gasteiger partial charge in [-0.25, -0.2) is 0 Å². The Labute approximate surface area is 140 Å². The molecule has 0 N–H and O–H groups in total. The minimum Gasteiger partial charge on any atom is -0.462 e. The van der Waals surface area contributed by atoms with Gasteiger partial charge in [0.2, 0.25) is 0 Å². The summed E-state index contributed by atoms with van der Waals surface area (Å²) in [5.74, 6) is 1.18. The molecule has 0 aromatic heterocycles. The molecule has 0 spiro atoms. The average molecular weight is 324 g/mol. The molecule has 4 nitrogen and oxygen atoms in total. The Bertz CT molecular complexity index is 341. The second kappa shape index (κ2) is 9.29. The maximum Gasteiger partial charge on any atom is 0.306 e. The van der Waals surface area contributed by atoms with E-state index in [1.807, 2.05) is 0 Å². The SMILES string of the molecule is CC1CCC(OC(=O)CCCC(=O)OC2CCC(C)CC2)CC1. The van der Waals surface area contributed by atoms with E-state index in [0.29, 0.717) is 19.3 Å². The lowest BCUT2D eigenvalue weighted by Gasteiger charge is -2.26. The summed E-state index contributed by atoms with van der Waals surface area (Å²) >= 11 is 0. The van der Waals surface area contributed by atoms with Crippen molar-refractivity contribution in [1.82, 2.24) is 0 Å². The standard InChI is InChI=1S/C19H32O4/c1-14-6-10-16(11-7-14)22-18(20)4-3-5-19(21)23-17-12-8-15(2)9-13-17/h14-17H,3-13H2,1-2H3. The summed E-state index contributed by atoms with van der Waals surface area (Å²) < 4.78 is 11.0. The molecule has 2 fully saturated rings. The van der Waals surface area contributed by atoms with Gasteiger partial charge >= 0.3 is 11.9 Å². The molecule has 0 aromatic rings. The first-order valence-electron chi connectivity index (χ1n) is 9.42. The lowest BCUT2D eigenvalue weighted by atomic mass is 9.89. The second-order valence-corrected chi connectivity index (χ2v) is 7.60. The molecule has 0 unspecified atom stereocenters. The van der Waals surface area contributed by atoms with Gasteiger partial charge in [0.05, 0.1) is 0 Å². The average Bonchev–Trinajstić information content (AvgIpc) is 2.52. The predicted molar refractivity (Wildman–Crippen MR) is 88.9 cm³/mol. The molecular weight excluding hydrogens is 292 g/mol. The Morgan fingerprint density at radius 2 is 1.04 bits per heavy atom. The molecule has 2 rings (SSSR count). The van der Waals surface area contributed by atoms with Crippen molar-refractivity contribution >= 4 is 11.9 Å². The zero-order chi connectivity index (χ0) is 16.7. The van der Waals surface area contributed by atoms with E-state index in [1.165, 1.54) is 0 Å². The second-order valence-electron chi connectivity index (χ2n) is 7.60. The third kappa shape index (κ3) is 6.92. The Hall–Kier alpha value is -1.06.